The highest BCUT2D eigenvalue weighted by Gasteiger charge is 2.27. The first-order valence-electron chi connectivity index (χ1n) is 6.93. The summed E-state index contributed by atoms with van der Waals surface area (Å²) in [5.74, 6) is 1.67. The van der Waals surface area contributed by atoms with E-state index in [1.807, 2.05) is 13.8 Å². The van der Waals surface area contributed by atoms with E-state index < -0.39 is 0 Å². The first-order chi connectivity index (χ1) is 9.04. The molecule has 4 nitrogen and oxygen atoms in total. The van der Waals surface area contributed by atoms with Gasteiger partial charge in [-0.15, -0.1) is 5.10 Å². The molecule has 1 heterocycles. The number of nitrogens with zero attached hydrogens (tertiary/aromatic N) is 3. The third-order valence-corrected chi connectivity index (χ3v) is 3.86. The van der Waals surface area contributed by atoms with E-state index in [-0.39, 0.29) is 0 Å². The van der Waals surface area contributed by atoms with Crippen LogP contribution in [0.3, 0.4) is 0 Å². The van der Waals surface area contributed by atoms with Gasteiger partial charge in [0.15, 0.2) is 5.82 Å². The van der Waals surface area contributed by atoms with Gasteiger partial charge < -0.3 is 10.6 Å². The topological polar surface area (TPSA) is 55.0 Å². The molecule has 1 fully saturated rings. The van der Waals surface area contributed by atoms with Gasteiger partial charge in [-0.25, -0.2) is 0 Å². The third kappa shape index (κ3) is 3.21. The fraction of sp³-hybridized carbons (Fsp3) is 0.643. The lowest BCUT2D eigenvalue weighted by Gasteiger charge is -2.25. The third-order valence-electron chi connectivity index (χ3n) is 3.65. The Morgan fingerprint density at radius 2 is 2.05 bits per heavy atom. The fourth-order valence-electron chi connectivity index (χ4n) is 2.28. The maximum atomic E-state index is 5.90. The molecular weight excluding hydrogens is 256 g/mol. The summed E-state index contributed by atoms with van der Waals surface area (Å²) >= 11 is 5.21. The number of hydrogen-bond acceptors (Lipinski definition) is 4. The van der Waals surface area contributed by atoms with Crippen LogP contribution in [-0.4, -0.2) is 28.3 Å². The molecule has 19 heavy (non-hydrogen) atoms. The number of aromatic nitrogens is 2. The van der Waals surface area contributed by atoms with Gasteiger partial charge in [0.05, 0.1) is 11.3 Å². The molecular formula is C14H22N4S. The van der Waals surface area contributed by atoms with Crippen molar-refractivity contribution < 1.29 is 0 Å². The number of thiocarbonyl (C=S) groups is 1. The first kappa shape index (κ1) is 14.2. The Labute approximate surface area is 120 Å². The average Bonchev–Trinajstić information content (AvgIpc) is 3.15. The lowest BCUT2D eigenvalue weighted by atomic mass is 10.1. The van der Waals surface area contributed by atoms with Gasteiger partial charge in [0, 0.05) is 13.1 Å². The number of nitrogens with two attached hydrogens (primary N) is 1. The zero-order valence-electron chi connectivity index (χ0n) is 11.9. The molecule has 104 valence electrons. The van der Waals surface area contributed by atoms with Gasteiger partial charge in [-0.1, -0.05) is 19.1 Å². The molecule has 1 aliphatic rings. The predicted octanol–water partition coefficient (Wildman–Crippen LogP) is 2.35. The minimum absolute atomic E-state index is 0.419. The zero-order valence-corrected chi connectivity index (χ0v) is 12.8. The average molecular weight is 278 g/mol. The molecule has 1 aromatic rings. The molecule has 0 atom stereocenters. The van der Waals surface area contributed by atoms with Crippen molar-refractivity contribution in [2.45, 2.75) is 40.0 Å². The summed E-state index contributed by atoms with van der Waals surface area (Å²) < 4.78 is 0. The van der Waals surface area contributed by atoms with Crippen LogP contribution in [0.25, 0.3) is 0 Å². The van der Waals surface area contributed by atoms with Crippen LogP contribution in [0.5, 0.6) is 0 Å². The van der Waals surface area contributed by atoms with E-state index in [1.165, 1.54) is 12.8 Å². The number of aryl methyl sites for hydroxylation is 1. The molecule has 0 saturated heterocycles. The van der Waals surface area contributed by atoms with E-state index in [0.29, 0.717) is 4.99 Å². The van der Waals surface area contributed by atoms with E-state index in [1.54, 1.807) is 0 Å². The maximum absolute atomic E-state index is 5.90. The molecule has 1 aliphatic carbocycles. The largest absolute Gasteiger partial charge is 0.389 e. The summed E-state index contributed by atoms with van der Waals surface area (Å²) in [6.45, 7) is 8.15. The Hall–Kier alpha value is -1.23. The quantitative estimate of drug-likeness (QED) is 0.810. The molecule has 1 saturated carbocycles. The van der Waals surface area contributed by atoms with Crippen molar-refractivity contribution in [2.75, 3.05) is 18.0 Å². The van der Waals surface area contributed by atoms with Crippen molar-refractivity contribution >= 4 is 23.0 Å². The van der Waals surface area contributed by atoms with Crippen molar-refractivity contribution in [1.29, 1.82) is 0 Å². The second-order valence-electron chi connectivity index (χ2n) is 5.36. The second-order valence-corrected chi connectivity index (χ2v) is 5.80. The summed E-state index contributed by atoms with van der Waals surface area (Å²) in [5, 5.41) is 8.61. The molecule has 1 aromatic heterocycles. The molecule has 2 N–H and O–H groups in total. The van der Waals surface area contributed by atoms with Gasteiger partial charge in [0.1, 0.15) is 4.99 Å². The fourth-order valence-corrected chi connectivity index (χ4v) is 2.52. The molecule has 0 unspecified atom stereocenters. The normalized spacial score (nSPS) is 14.5. The van der Waals surface area contributed by atoms with Gasteiger partial charge in [0.2, 0.25) is 0 Å². The van der Waals surface area contributed by atoms with Crippen molar-refractivity contribution in [3.8, 4) is 0 Å². The van der Waals surface area contributed by atoms with Crippen LogP contribution in [0, 0.1) is 19.8 Å². The van der Waals surface area contributed by atoms with Crippen molar-refractivity contribution in [1.82, 2.24) is 10.2 Å². The zero-order chi connectivity index (χ0) is 14.0. The van der Waals surface area contributed by atoms with Crippen LogP contribution in [0.2, 0.25) is 0 Å². The number of anilines is 1. The molecule has 0 amide bonds. The highest BCUT2D eigenvalue weighted by Crippen LogP contribution is 2.32. The molecule has 0 aromatic carbocycles. The SMILES string of the molecule is CCCN(CC1CC1)c1nnc(C)c(C)c1C(N)=S. The van der Waals surface area contributed by atoms with Crippen LogP contribution in [-0.2, 0) is 0 Å². The van der Waals surface area contributed by atoms with Gasteiger partial charge in [0.25, 0.3) is 0 Å². The molecule has 5 heteroatoms. The first-order valence-corrected chi connectivity index (χ1v) is 7.34. The summed E-state index contributed by atoms with van der Waals surface area (Å²) in [6.07, 6.45) is 3.72. The monoisotopic (exact) mass is 278 g/mol. The highest BCUT2D eigenvalue weighted by molar-refractivity contribution is 7.80. The number of rotatable bonds is 6. The van der Waals surface area contributed by atoms with Gasteiger partial charge in [-0.3, -0.25) is 0 Å². The van der Waals surface area contributed by atoms with E-state index >= 15 is 0 Å². The Bertz CT molecular complexity index is 483. The Morgan fingerprint density at radius 1 is 1.37 bits per heavy atom. The molecule has 0 bridgehead atoms. The summed E-state index contributed by atoms with van der Waals surface area (Å²) in [6, 6.07) is 0. The van der Waals surface area contributed by atoms with Crippen LogP contribution >= 0.6 is 12.2 Å². The lowest BCUT2D eigenvalue weighted by Crippen LogP contribution is -2.31. The standard InChI is InChI=1S/C14H22N4S/c1-4-7-18(8-11-5-6-11)14-12(13(15)19)9(2)10(3)16-17-14/h11H,4-8H2,1-3H3,(H2,15,19). The summed E-state index contributed by atoms with van der Waals surface area (Å²) in [4.78, 5) is 2.72. The van der Waals surface area contributed by atoms with E-state index in [2.05, 4.69) is 22.0 Å². The molecule has 0 aliphatic heterocycles. The highest BCUT2D eigenvalue weighted by atomic mass is 32.1. The molecule has 0 spiro atoms. The minimum Gasteiger partial charge on any atom is -0.389 e. The van der Waals surface area contributed by atoms with Crippen LogP contribution in [0.15, 0.2) is 0 Å². The Balaban J connectivity index is 2.39. The number of hydrogen-bond donors (Lipinski definition) is 1. The van der Waals surface area contributed by atoms with E-state index in [9.17, 15) is 0 Å². The maximum Gasteiger partial charge on any atom is 0.161 e. The van der Waals surface area contributed by atoms with Crippen molar-refractivity contribution in [3.05, 3.63) is 16.8 Å². The minimum atomic E-state index is 0.419. The van der Waals surface area contributed by atoms with Gasteiger partial charge in [-0.05, 0) is 44.6 Å². The lowest BCUT2D eigenvalue weighted by molar-refractivity contribution is 0.690. The van der Waals surface area contributed by atoms with E-state index in [0.717, 1.165) is 48.1 Å². The molecule has 0 radical (unpaired) electrons. The smallest absolute Gasteiger partial charge is 0.161 e. The second kappa shape index (κ2) is 5.82. The van der Waals surface area contributed by atoms with E-state index in [4.69, 9.17) is 18.0 Å². The molecule has 2 rings (SSSR count). The van der Waals surface area contributed by atoms with Crippen LogP contribution in [0.1, 0.15) is 43.0 Å². The van der Waals surface area contributed by atoms with Crippen molar-refractivity contribution in [2.24, 2.45) is 11.7 Å². The Kier molecular flexibility index (Phi) is 4.34. The van der Waals surface area contributed by atoms with Gasteiger partial charge >= 0.3 is 0 Å². The van der Waals surface area contributed by atoms with Gasteiger partial charge in [-0.2, -0.15) is 5.10 Å². The summed E-state index contributed by atoms with van der Waals surface area (Å²) in [7, 11) is 0. The van der Waals surface area contributed by atoms with Crippen LogP contribution < -0.4 is 10.6 Å². The predicted molar refractivity (Wildman–Crippen MR) is 82.6 cm³/mol. The summed E-state index contributed by atoms with van der Waals surface area (Å²) in [5.41, 5.74) is 8.75. The van der Waals surface area contributed by atoms with Crippen LogP contribution in [0.4, 0.5) is 5.82 Å². The Morgan fingerprint density at radius 3 is 2.58 bits per heavy atom. The van der Waals surface area contributed by atoms with Crippen molar-refractivity contribution in [3.63, 3.8) is 0 Å².